The Hall–Kier alpha value is -1.38. The van der Waals surface area contributed by atoms with Crippen LogP contribution in [0.4, 0.5) is 17.6 Å². The van der Waals surface area contributed by atoms with Crippen molar-refractivity contribution in [1.29, 1.82) is 0 Å². The van der Waals surface area contributed by atoms with Crippen LogP contribution in [-0.2, 0) is 20.2 Å². The largest absolute Gasteiger partial charge is 0.525 e. The average molecular weight is 388 g/mol. The van der Waals surface area contributed by atoms with Gasteiger partial charge in [-0.15, -0.1) is 0 Å². The highest BCUT2D eigenvalue weighted by atomic mass is 19.4. The average Bonchev–Trinajstić information content (AvgIpc) is 2.78. The summed E-state index contributed by atoms with van der Waals surface area (Å²) in [5.41, 5.74) is -3.70. The van der Waals surface area contributed by atoms with Crippen LogP contribution in [0, 0.1) is 0 Å². The van der Waals surface area contributed by atoms with Gasteiger partial charge in [0.2, 0.25) is 0 Å². The van der Waals surface area contributed by atoms with E-state index in [0.29, 0.717) is 6.61 Å². The molecule has 0 N–H and O–H groups in total. The summed E-state index contributed by atoms with van der Waals surface area (Å²) in [5.74, 6) is 0. The van der Waals surface area contributed by atoms with Crippen molar-refractivity contribution in [3.63, 3.8) is 0 Å². The van der Waals surface area contributed by atoms with Gasteiger partial charge in [0.15, 0.2) is 0 Å². The Labute approximate surface area is 157 Å². The van der Waals surface area contributed by atoms with Gasteiger partial charge < -0.3 is 14.0 Å². The van der Waals surface area contributed by atoms with Crippen molar-refractivity contribution in [1.82, 2.24) is 0 Å². The Morgan fingerprint density at radius 1 is 1.07 bits per heavy atom. The second-order valence-corrected chi connectivity index (χ2v) is 7.41. The van der Waals surface area contributed by atoms with Crippen molar-refractivity contribution in [2.75, 3.05) is 13.2 Å². The first-order valence-corrected chi connectivity index (χ1v) is 8.89. The highest BCUT2D eigenvalue weighted by molar-refractivity contribution is 6.55. The summed E-state index contributed by atoms with van der Waals surface area (Å²) in [6.07, 6.45) is -4.64. The molecular formula is C19H25BF4O3. The SMILES string of the molecule is CCOCCC(=C(F)B1OC(C)(C)C(C)(C)O1)c1ccccc1C(F)(F)F. The zero-order valence-corrected chi connectivity index (χ0v) is 16.2. The minimum atomic E-state index is -4.61. The number of hydrogen-bond acceptors (Lipinski definition) is 3. The van der Waals surface area contributed by atoms with E-state index in [1.807, 2.05) is 0 Å². The first kappa shape index (κ1) is 21.9. The summed E-state index contributed by atoms with van der Waals surface area (Å²) < 4.78 is 72.3. The smallest absolute Gasteiger partial charge is 0.398 e. The van der Waals surface area contributed by atoms with Crippen molar-refractivity contribution in [2.24, 2.45) is 0 Å². The Balaban J connectivity index is 2.51. The molecule has 8 heteroatoms. The highest BCUT2D eigenvalue weighted by Crippen LogP contribution is 2.42. The van der Waals surface area contributed by atoms with E-state index in [1.165, 1.54) is 18.2 Å². The summed E-state index contributed by atoms with van der Waals surface area (Å²) in [5, 5.41) is 0. The summed E-state index contributed by atoms with van der Waals surface area (Å²) >= 11 is 0. The van der Waals surface area contributed by atoms with Gasteiger partial charge in [0.1, 0.15) is 5.73 Å². The van der Waals surface area contributed by atoms with Gasteiger partial charge in [0.05, 0.1) is 23.4 Å². The summed E-state index contributed by atoms with van der Waals surface area (Å²) in [6, 6.07) is 4.92. The third kappa shape index (κ3) is 4.73. The van der Waals surface area contributed by atoms with Gasteiger partial charge in [0.25, 0.3) is 0 Å². The van der Waals surface area contributed by atoms with E-state index in [2.05, 4.69) is 0 Å². The summed E-state index contributed by atoms with van der Waals surface area (Å²) in [6.45, 7) is 9.25. The van der Waals surface area contributed by atoms with Gasteiger partial charge in [-0.05, 0) is 58.2 Å². The standard InChI is InChI=1S/C19H25BF4O3/c1-6-25-12-11-14(13-9-7-8-10-15(13)19(22,23)24)16(21)20-26-17(2,3)18(4,5)27-20/h7-10H,6,11-12H2,1-5H3. The Kier molecular flexibility index (Phi) is 6.44. The fraction of sp³-hybridized carbons (Fsp3) is 0.579. The van der Waals surface area contributed by atoms with Crippen molar-refractivity contribution < 1.29 is 31.6 Å². The monoisotopic (exact) mass is 388 g/mol. The van der Waals surface area contributed by atoms with Crippen molar-refractivity contribution in [2.45, 2.75) is 58.4 Å². The van der Waals surface area contributed by atoms with Crippen LogP contribution in [0.3, 0.4) is 0 Å². The topological polar surface area (TPSA) is 27.7 Å². The van der Waals surface area contributed by atoms with E-state index >= 15 is 4.39 Å². The maximum atomic E-state index is 15.3. The molecule has 0 radical (unpaired) electrons. The fourth-order valence-electron chi connectivity index (χ4n) is 2.78. The van der Waals surface area contributed by atoms with Gasteiger partial charge in [0, 0.05) is 6.61 Å². The molecule has 1 aromatic rings. The molecule has 0 aromatic heterocycles. The molecule has 150 valence electrons. The minimum absolute atomic E-state index is 0.0309. The molecule has 0 amide bonds. The van der Waals surface area contributed by atoms with Gasteiger partial charge in [-0.2, -0.15) is 13.2 Å². The molecule has 1 fully saturated rings. The molecule has 0 bridgehead atoms. The molecule has 27 heavy (non-hydrogen) atoms. The molecule has 0 aliphatic carbocycles. The van der Waals surface area contributed by atoms with Crippen molar-refractivity contribution in [3.8, 4) is 0 Å². The Bertz CT molecular complexity index is 682. The fourth-order valence-corrected chi connectivity index (χ4v) is 2.78. The summed E-state index contributed by atoms with van der Waals surface area (Å²) in [7, 11) is -1.37. The molecular weight excluding hydrogens is 363 g/mol. The lowest BCUT2D eigenvalue weighted by Crippen LogP contribution is -2.41. The molecule has 0 unspecified atom stereocenters. The van der Waals surface area contributed by atoms with E-state index in [4.69, 9.17) is 14.0 Å². The van der Waals surface area contributed by atoms with Crippen LogP contribution in [0.2, 0.25) is 0 Å². The van der Waals surface area contributed by atoms with Gasteiger partial charge >= 0.3 is 13.3 Å². The van der Waals surface area contributed by atoms with Crippen LogP contribution >= 0.6 is 0 Å². The van der Waals surface area contributed by atoms with Crippen LogP contribution < -0.4 is 0 Å². The van der Waals surface area contributed by atoms with Gasteiger partial charge in [-0.1, -0.05) is 18.2 Å². The predicted octanol–water partition coefficient (Wildman–Crippen LogP) is 5.44. The maximum absolute atomic E-state index is 15.3. The number of rotatable bonds is 6. The summed E-state index contributed by atoms with van der Waals surface area (Å²) in [4.78, 5) is 0. The Morgan fingerprint density at radius 2 is 1.63 bits per heavy atom. The van der Waals surface area contributed by atoms with Crippen LogP contribution in [0.5, 0.6) is 0 Å². The molecule has 0 atom stereocenters. The normalized spacial score (nSPS) is 20.0. The lowest BCUT2D eigenvalue weighted by atomic mass is 9.81. The van der Waals surface area contributed by atoms with Crippen LogP contribution in [0.25, 0.3) is 5.57 Å². The Morgan fingerprint density at radius 3 is 2.15 bits per heavy atom. The lowest BCUT2D eigenvalue weighted by Gasteiger charge is -2.32. The molecule has 1 aliphatic heterocycles. The van der Waals surface area contributed by atoms with E-state index in [0.717, 1.165) is 6.07 Å². The van der Waals surface area contributed by atoms with E-state index in [1.54, 1.807) is 34.6 Å². The van der Waals surface area contributed by atoms with E-state index < -0.39 is 35.8 Å². The first-order chi connectivity index (χ1) is 12.4. The molecule has 1 heterocycles. The molecule has 0 spiro atoms. The quantitative estimate of drug-likeness (QED) is 0.369. The van der Waals surface area contributed by atoms with Crippen LogP contribution in [0.15, 0.2) is 30.0 Å². The number of ether oxygens (including phenoxy) is 1. The van der Waals surface area contributed by atoms with Gasteiger partial charge in [-0.25, -0.2) is 4.39 Å². The van der Waals surface area contributed by atoms with Crippen LogP contribution in [0.1, 0.15) is 52.2 Å². The van der Waals surface area contributed by atoms with Gasteiger partial charge in [-0.3, -0.25) is 0 Å². The second kappa shape index (κ2) is 7.93. The van der Waals surface area contributed by atoms with Crippen LogP contribution in [-0.4, -0.2) is 31.5 Å². The number of halogens is 4. The van der Waals surface area contributed by atoms with E-state index in [-0.39, 0.29) is 24.2 Å². The third-order valence-corrected chi connectivity index (χ3v) is 5.01. The number of alkyl halides is 3. The lowest BCUT2D eigenvalue weighted by molar-refractivity contribution is -0.137. The molecule has 1 saturated heterocycles. The van der Waals surface area contributed by atoms with Crippen molar-refractivity contribution >= 4 is 12.7 Å². The second-order valence-electron chi connectivity index (χ2n) is 7.41. The zero-order valence-electron chi connectivity index (χ0n) is 16.2. The van der Waals surface area contributed by atoms with Crippen molar-refractivity contribution in [3.05, 3.63) is 41.1 Å². The molecule has 1 aromatic carbocycles. The number of hydrogen-bond donors (Lipinski definition) is 0. The zero-order chi connectivity index (χ0) is 20.5. The third-order valence-electron chi connectivity index (χ3n) is 5.01. The molecule has 0 saturated carbocycles. The highest BCUT2D eigenvalue weighted by Gasteiger charge is 2.53. The number of benzene rings is 1. The molecule has 1 aliphatic rings. The minimum Gasteiger partial charge on any atom is -0.398 e. The maximum Gasteiger partial charge on any atom is 0.525 e. The molecule has 2 rings (SSSR count). The van der Waals surface area contributed by atoms with E-state index in [9.17, 15) is 13.2 Å². The predicted molar refractivity (Wildman–Crippen MR) is 96.7 cm³/mol. The molecule has 3 nitrogen and oxygen atoms in total. The first-order valence-electron chi connectivity index (χ1n) is 8.89.